The summed E-state index contributed by atoms with van der Waals surface area (Å²) in [6, 6.07) is 2.53. The molecule has 18 heavy (non-hydrogen) atoms. The van der Waals surface area contributed by atoms with E-state index in [1.165, 1.54) is 0 Å². The van der Waals surface area contributed by atoms with Gasteiger partial charge in [0, 0.05) is 49.4 Å². The fourth-order valence-corrected chi connectivity index (χ4v) is 2.22. The maximum atomic E-state index is 4.71. The molecule has 0 saturated carbocycles. The summed E-state index contributed by atoms with van der Waals surface area (Å²) in [5.74, 6) is 0.961. The van der Waals surface area contributed by atoms with Gasteiger partial charge in [0.2, 0.25) is 0 Å². The Morgan fingerprint density at radius 2 is 2.22 bits per heavy atom. The molecule has 0 amide bonds. The lowest BCUT2D eigenvalue weighted by atomic mass is 9.92. The first-order valence-corrected chi connectivity index (χ1v) is 6.70. The lowest BCUT2D eigenvalue weighted by Crippen LogP contribution is -2.50. The minimum Gasteiger partial charge on any atom is -0.314 e. The van der Waals surface area contributed by atoms with Crippen molar-refractivity contribution in [2.45, 2.75) is 38.6 Å². The first-order chi connectivity index (χ1) is 8.47. The number of likely N-dealkylation sites (N-methyl/N-ethyl adjacent to an activating group) is 1. The predicted molar refractivity (Wildman–Crippen MR) is 73.7 cm³/mol. The average Bonchev–Trinajstić information content (AvgIpc) is 2.31. The van der Waals surface area contributed by atoms with Gasteiger partial charge in [0.1, 0.15) is 5.82 Å². The number of nitrogens with one attached hydrogen (secondary N) is 1. The third-order valence-electron chi connectivity index (χ3n) is 3.54. The Morgan fingerprint density at radius 1 is 1.44 bits per heavy atom. The number of rotatable bonds is 2. The van der Waals surface area contributed by atoms with E-state index >= 15 is 0 Å². The van der Waals surface area contributed by atoms with Crippen LogP contribution in [0.3, 0.4) is 0 Å². The average molecular weight is 248 g/mol. The van der Waals surface area contributed by atoms with Crippen molar-refractivity contribution < 1.29 is 0 Å². The van der Waals surface area contributed by atoms with Gasteiger partial charge in [-0.15, -0.1) is 0 Å². The Kier molecular flexibility index (Phi) is 3.97. The minimum absolute atomic E-state index is 0.0917. The molecule has 1 aromatic heterocycles. The third kappa shape index (κ3) is 3.27. The minimum atomic E-state index is 0.0917. The summed E-state index contributed by atoms with van der Waals surface area (Å²) in [5, 5.41) is 3.43. The normalized spacial score (nSPS) is 22.1. The van der Waals surface area contributed by atoms with Crippen molar-refractivity contribution in [1.29, 1.82) is 0 Å². The van der Waals surface area contributed by atoms with Gasteiger partial charge in [-0.1, -0.05) is 20.8 Å². The Balaban J connectivity index is 2.09. The summed E-state index contributed by atoms with van der Waals surface area (Å²) in [6.07, 6.45) is 2.81. The van der Waals surface area contributed by atoms with E-state index in [1.807, 2.05) is 12.3 Å². The van der Waals surface area contributed by atoms with Crippen molar-refractivity contribution in [2.75, 3.05) is 26.7 Å². The zero-order valence-electron chi connectivity index (χ0n) is 11.9. The van der Waals surface area contributed by atoms with Crippen LogP contribution in [0.15, 0.2) is 12.3 Å². The van der Waals surface area contributed by atoms with Crippen LogP contribution >= 0.6 is 0 Å². The van der Waals surface area contributed by atoms with Crippen LogP contribution in [-0.2, 0) is 11.8 Å². The number of nitrogens with zero attached hydrogens (tertiary/aromatic N) is 3. The van der Waals surface area contributed by atoms with Gasteiger partial charge in [0.15, 0.2) is 0 Å². The van der Waals surface area contributed by atoms with Gasteiger partial charge in [-0.2, -0.15) is 0 Å². The highest BCUT2D eigenvalue weighted by atomic mass is 15.2. The summed E-state index contributed by atoms with van der Waals surface area (Å²) in [6.45, 7) is 9.77. The van der Waals surface area contributed by atoms with E-state index in [-0.39, 0.29) is 5.41 Å². The largest absolute Gasteiger partial charge is 0.314 e. The van der Waals surface area contributed by atoms with Crippen LogP contribution in [0.25, 0.3) is 0 Å². The molecule has 1 aliphatic heterocycles. The molecule has 1 aromatic rings. The molecule has 1 atom stereocenters. The van der Waals surface area contributed by atoms with Crippen molar-refractivity contribution in [3.05, 3.63) is 23.8 Å². The molecular formula is C14H24N4. The lowest BCUT2D eigenvalue weighted by molar-refractivity contribution is 0.197. The second-order valence-electron chi connectivity index (χ2n) is 6.15. The second kappa shape index (κ2) is 5.33. The lowest BCUT2D eigenvalue weighted by Gasteiger charge is -2.32. The molecule has 2 heterocycles. The van der Waals surface area contributed by atoms with E-state index in [1.54, 1.807) is 0 Å². The van der Waals surface area contributed by atoms with Crippen LogP contribution in [0.4, 0.5) is 0 Å². The molecule has 4 heteroatoms. The number of hydrogen-bond acceptors (Lipinski definition) is 4. The van der Waals surface area contributed by atoms with Crippen LogP contribution in [0.2, 0.25) is 0 Å². The molecule has 1 fully saturated rings. The molecule has 1 saturated heterocycles. The van der Waals surface area contributed by atoms with Gasteiger partial charge in [-0.25, -0.2) is 9.97 Å². The second-order valence-corrected chi connectivity index (χ2v) is 6.15. The Bertz CT molecular complexity index is 397. The van der Waals surface area contributed by atoms with Crippen molar-refractivity contribution in [3.8, 4) is 0 Å². The Hall–Kier alpha value is -1.00. The number of hydrogen-bond donors (Lipinski definition) is 1. The molecule has 4 nitrogen and oxygen atoms in total. The zero-order chi connectivity index (χ0) is 13.2. The van der Waals surface area contributed by atoms with Crippen LogP contribution in [0.1, 0.15) is 32.3 Å². The fourth-order valence-electron chi connectivity index (χ4n) is 2.22. The van der Waals surface area contributed by atoms with E-state index in [0.29, 0.717) is 6.04 Å². The van der Waals surface area contributed by atoms with Gasteiger partial charge in [0.05, 0.1) is 0 Å². The van der Waals surface area contributed by atoms with E-state index in [9.17, 15) is 0 Å². The van der Waals surface area contributed by atoms with Crippen LogP contribution in [-0.4, -0.2) is 47.6 Å². The summed E-state index contributed by atoms with van der Waals surface area (Å²) in [5.41, 5.74) is 1.22. The first-order valence-electron chi connectivity index (χ1n) is 6.70. The molecule has 0 radical (unpaired) electrons. The van der Waals surface area contributed by atoms with E-state index < -0.39 is 0 Å². The van der Waals surface area contributed by atoms with Crippen LogP contribution in [0.5, 0.6) is 0 Å². The highest BCUT2D eigenvalue weighted by Crippen LogP contribution is 2.19. The van der Waals surface area contributed by atoms with Crippen molar-refractivity contribution in [2.24, 2.45) is 0 Å². The third-order valence-corrected chi connectivity index (χ3v) is 3.54. The SMILES string of the molecule is CN1CCNCC1Cc1nccc(C(C)(C)C)n1. The van der Waals surface area contributed by atoms with Gasteiger partial charge < -0.3 is 10.2 Å². The fraction of sp³-hybridized carbons (Fsp3) is 0.714. The zero-order valence-corrected chi connectivity index (χ0v) is 11.9. The van der Waals surface area contributed by atoms with Crippen molar-refractivity contribution in [1.82, 2.24) is 20.2 Å². The van der Waals surface area contributed by atoms with Gasteiger partial charge in [-0.05, 0) is 13.1 Å². The molecule has 0 spiro atoms. The number of aromatic nitrogens is 2. The van der Waals surface area contributed by atoms with Crippen LogP contribution < -0.4 is 5.32 Å². The molecule has 1 aliphatic rings. The molecule has 1 unspecified atom stereocenters. The molecule has 1 N–H and O–H groups in total. The van der Waals surface area contributed by atoms with Gasteiger partial charge in [0.25, 0.3) is 0 Å². The molecule has 0 aliphatic carbocycles. The summed E-state index contributed by atoms with van der Waals surface area (Å²) in [7, 11) is 2.18. The molecular weight excluding hydrogens is 224 g/mol. The maximum absolute atomic E-state index is 4.71. The highest BCUT2D eigenvalue weighted by molar-refractivity contribution is 5.12. The standard InChI is InChI=1S/C14H24N4/c1-14(2,3)12-5-6-16-13(17-12)9-11-10-15-7-8-18(11)4/h5-6,11,15H,7-10H2,1-4H3. The number of piperazine rings is 1. The summed E-state index contributed by atoms with van der Waals surface area (Å²) < 4.78 is 0. The van der Waals surface area contributed by atoms with Gasteiger partial charge in [-0.3, -0.25) is 0 Å². The molecule has 0 bridgehead atoms. The molecule has 100 valence electrons. The topological polar surface area (TPSA) is 41.0 Å². The first kappa shape index (κ1) is 13.4. The Morgan fingerprint density at radius 3 is 2.89 bits per heavy atom. The summed E-state index contributed by atoms with van der Waals surface area (Å²) >= 11 is 0. The monoisotopic (exact) mass is 248 g/mol. The highest BCUT2D eigenvalue weighted by Gasteiger charge is 2.21. The maximum Gasteiger partial charge on any atom is 0.130 e. The summed E-state index contributed by atoms with van der Waals surface area (Å²) in [4.78, 5) is 11.5. The van der Waals surface area contributed by atoms with Crippen molar-refractivity contribution >= 4 is 0 Å². The molecule has 0 aromatic carbocycles. The van der Waals surface area contributed by atoms with Crippen LogP contribution in [0, 0.1) is 0 Å². The predicted octanol–water partition coefficient (Wildman–Crippen LogP) is 1.22. The quantitative estimate of drug-likeness (QED) is 0.854. The Labute approximate surface area is 110 Å². The smallest absolute Gasteiger partial charge is 0.130 e. The van der Waals surface area contributed by atoms with Gasteiger partial charge >= 0.3 is 0 Å². The van der Waals surface area contributed by atoms with Crippen molar-refractivity contribution in [3.63, 3.8) is 0 Å². The van der Waals surface area contributed by atoms with E-state index in [0.717, 1.165) is 37.6 Å². The van der Waals surface area contributed by atoms with E-state index in [4.69, 9.17) is 4.98 Å². The van der Waals surface area contributed by atoms with E-state index in [2.05, 4.69) is 43.0 Å². The molecule has 2 rings (SSSR count).